The van der Waals surface area contributed by atoms with Gasteiger partial charge in [0.05, 0.1) is 23.8 Å². The van der Waals surface area contributed by atoms with Crippen LogP contribution in [0.4, 0.5) is 18.9 Å². The van der Waals surface area contributed by atoms with E-state index >= 15 is 0 Å². The van der Waals surface area contributed by atoms with Crippen molar-refractivity contribution in [3.05, 3.63) is 101 Å². The number of hydrogen-bond donors (Lipinski definition) is 2. The first kappa shape index (κ1) is 27.2. The zero-order chi connectivity index (χ0) is 26.3. The molecule has 5 nitrogen and oxygen atoms in total. The average molecular weight is 518 g/mol. The molecule has 9 heteroatoms. The second-order valence-corrected chi connectivity index (χ2v) is 8.92. The van der Waals surface area contributed by atoms with Gasteiger partial charge in [-0.15, -0.1) is 0 Å². The van der Waals surface area contributed by atoms with Crippen molar-refractivity contribution in [1.82, 2.24) is 10.2 Å². The number of nitrogens with one attached hydrogen (secondary N) is 2. The first-order chi connectivity index (χ1) is 17.1. The molecule has 0 atom stereocenters. The fraction of sp³-hybridized carbons (Fsp3) is 0.259. The highest BCUT2D eigenvalue weighted by atomic mass is 35.5. The molecule has 0 spiro atoms. The molecular weight excluding hydrogens is 491 g/mol. The molecular formula is C27H27ClF3N3O2. The third-order valence-corrected chi connectivity index (χ3v) is 5.78. The van der Waals surface area contributed by atoms with E-state index < -0.39 is 29.9 Å². The van der Waals surface area contributed by atoms with Crippen LogP contribution < -0.4 is 10.6 Å². The molecule has 0 aliphatic carbocycles. The van der Waals surface area contributed by atoms with E-state index in [0.29, 0.717) is 0 Å². The molecule has 36 heavy (non-hydrogen) atoms. The third kappa shape index (κ3) is 7.32. The minimum atomic E-state index is -4.70. The second kappa shape index (κ2) is 12.1. The first-order valence-corrected chi connectivity index (χ1v) is 11.7. The second-order valence-electron chi connectivity index (χ2n) is 8.49. The summed E-state index contributed by atoms with van der Waals surface area (Å²) in [5, 5.41) is 5.43. The SMILES string of the molecule is CC(C)N(CC(=O)Nc1ccc(Cl)cc1C(F)(F)F)C(=O)CNC(c1ccccc1)c1ccccc1. The van der Waals surface area contributed by atoms with E-state index in [2.05, 4.69) is 10.6 Å². The van der Waals surface area contributed by atoms with Crippen molar-refractivity contribution in [2.75, 3.05) is 18.4 Å². The van der Waals surface area contributed by atoms with E-state index in [0.717, 1.165) is 23.3 Å². The van der Waals surface area contributed by atoms with Crippen LogP contribution in [0.5, 0.6) is 0 Å². The highest BCUT2D eigenvalue weighted by Crippen LogP contribution is 2.36. The third-order valence-electron chi connectivity index (χ3n) is 5.54. The van der Waals surface area contributed by atoms with E-state index in [1.165, 1.54) is 11.0 Å². The number of amides is 2. The summed E-state index contributed by atoms with van der Waals surface area (Å²) in [7, 11) is 0. The number of benzene rings is 3. The lowest BCUT2D eigenvalue weighted by Crippen LogP contribution is -2.46. The predicted molar refractivity (Wildman–Crippen MR) is 135 cm³/mol. The molecule has 3 aromatic carbocycles. The zero-order valence-electron chi connectivity index (χ0n) is 19.9. The maximum absolute atomic E-state index is 13.4. The highest BCUT2D eigenvalue weighted by Gasteiger charge is 2.34. The Hall–Kier alpha value is -3.36. The topological polar surface area (TPSA) is 61.4 Å². The number of hydrogen-bond acceptors (Lipinski definition) is 3. The Morgan fingerprint density at radius 1 is 0.917 bits per heavy atom. The molecule has 0 radical (unpaired) electrons. The summed E-state index contributed by atoms with van der Waals surface area (Å²) < 4.78 is 40.1. The van der Waals surface area contributed by atoms with Crippen molar-refractivity contribution in [2.45, 2.75) is 32.1 Å². The van der Waals surface area contributed by atoms with Crippen LogP contribution in [0.3, 0.4) is 0 Å². The Kier molecular flexibility index (Phi) is 9.12. The summed E-state index contributed by atoms with van der Waals surface area (Å²) in [6.07, 6.45) is -4.70. The summed E-state index contributed by atoms with van der Waals surface area (Å²) in [5.41, 5.74) is 0.459. The van der Waals surface area contributed by atoms with Gasteiger partial charge < -0.3 is 10.2 Å². The van der Waals surface area contributed by atoms with Crippen molar-refractivity contribution in [3.63, 3.8) is 0 Å². The Morgan fingerprint density at radius 2 is 1.47 bits per heavy atom. The molecule has 0 saturated heterocycles. The Balaban J connectivity index is 1.71. The summed E-state index contributed by atoms with van der Waals surface area (Å²) in [5.74, 6) is -1.10. The summed E-state index contributed by atoms with van der Waals surface area (Å²) in [6.45, 7) is 3.00. The van der Waals surface area contributed by atoms with Crippen LogP contribution in [0.25, 0.3) is 0 Å². The molecule has 0 aliphatic heterocycles. The van der Waals surface area contributed by atoms with Crippen LogP contribution in [-0.4, -0.2) is 35.8 Å². The molecule has 2 amide bonds. The molecule has 3 aromatic rings. The fourth-order valence-electron chi connectivity index (χ4n) is 3.77. The maximum atomic E-state index is 13.4. The Morgan fingerprint density at radius 3 is 1.97 bits per heavy atom. The zero-order valence-corrected chi connectivity index (χ0v) is 20.6. The van der Waals surface area contributed by atoms with Gasteiger partial charge in [0, 0.05) is 11.1 Å². The van der Waals surface area contributed by atoms with E-state index in [1.54, 1.807) is 13.8 Å². The monoisotopic (exact) mass is 517 g/mol. The van der Waals surface area contributed by atoms with Crippen molar-refractivity contribution in [3.8, 4) is 0 Å². The summed E-state index contributed by atoms with van der Waals surface area (Å²) in [6, 6.07) is 21.7. The Bertz CT molecular complexity index is 1130. The number of anilines is 1. The molecule has 0 heterocycles. The van der Waals surface area contributed by atoms with Gasteiger partial charge >= 0.3 is 6.18 Å². The van der Waals surface area contributed by atoms with Crippen molar-refractivity contribution < 1.29 is 22.8 Å². The van der Waals surface area contributed by atoms with Crippen LogP contribution in [0.15, 0.2) is 78.9 Å². The van der Waals surface area contributed by atoms with Gasteiger partial charge in [-0.1, -0.05) is 72.3 Å². The molecule has 0 bridgehead atoms. The van der Waals surface area contributed by atoms with Gasteiger partial charge in [0.25, 0.3) is 0 Å². The van der Waals surface area contributed by atoms with Gasteiger partial charge in [0.2, 0.25) is 11.8 Å². The fourth-order valence-corrected chi connectivity index (χ4v) is 3.95. The van der Waals surface area contributed by atoms with Crippen molar-refractivity contribution in [2.24, 2.45) is 0 Å². The standard InChI is InChI=1S/C27H27ClF3N3O2/c1-18(2)34(17-24(35)33-23-14-13-21(28)15-22(23)27(29,30)31)25(36)16-32-26(19-9-5-3-6-10-19)20-11-7-4-8-12-20/h3-15,18,26,32H,16-17H2,1-2H3,(H,33,35). The number of carbonyl (C=O) groups excluding carboxylic acids is 2. The van der Waals surface area contributed by atoms with Gasteiger partial charge in [-0.2, -0.15) is 13.2 Å². The minimum absolute atomic E-state index is 0.0747. The Labute approximate surface area is 213 Å². The van der Waals surface area contributed by atoms with Gasteiger partial charge in [-0.3, -0.25) is 14.9 Å². The van der Waals surface area contributed by atoms with Crippen LogP contribution in [0, 0.1) is 0 Å². The number of nitrogens with zero attached hydrogens (tertiary/aromatic N) is 1. The molecule has 190 valence electrons. The van der Waals surface area contributed by atoms with Crippen LogP contribution >= 0.6 is 11.6 Å². The smallest absolute Gasteiger partial charge is 0.330 e. The van der Waals surface area contributed by atoms with Gasteiger partial charge in [-0.05, 0) is 43.2 Å². The quantitative estimate of drug-likeness (QED) is 0.371. The molecule has 0 aromatic heterocycles. The molecule has 3 rings (SSSR count). The van der Waals surface area contributed by atoms with Gasteiger partial charge in [0.1, 0.15) is 6.54 Å². The van der Waals surface area contributed by atoms with Gasteiger partial charge in [-0.25, -0.2) is 0 Å². The minimum Gasteiger partial charge on any atom is -0.330 e. The van der Waals surface area contributed by atoms with Crippen molar-refractivity contribution >= 4 is 29.1 Å². The van der Waals surface area contributed by atoms with E-state index in [1.807, 2.05) is 60.7 Å². The molecule has 0 saturated carbocycles. The van der Waals surface area contributed by atoms with E-state index in [9.17, 15) is 22.8 Å². The molecule has 0 fully saturated rings. The van der Waals surface area contributed by atoms with Gasteiger partial charge in [0.15, 0.2) is 0 Å². The highest BCUT2D eigenvalue weighted by molar-refractivity contribution is 6.30. The lowest BCUT2D eigenvalue weighted by atomic mass is 9.99. The molecule has 0 unspecified atom stereocenters. The number of carbonyl (C=O) groups is 2. The largest absolute Gasteiger partial charge is 0.418 e. The molecule has 0 aliphatic rings. The van der Waals surface area contributed by atoms with Crippen LogP contribution in [-0.2, 0) is 15.8 Å². The van der Waals surface area contributed by atoms with E-state index in [4.69, 9.17) is 11.6 Å². The van der Waals surface area contributed by atoms with Crippen LogP contribution in [0.2, 0.25) is 5.02 Å². The number of alkyl halides is 3. The number of rotatable bonds is 9. The maximum Gasteiger partial charge on any atom is 0.418 e. The number of halogens is 4. The van der Waals surface area contributed by atoms with Crippen molar-refractivity contribution in [1.29, 1.82) is 0 Å². The summed E-state index contributed by atoms with van der Waals surface area (Å²) in [4.78, 5) is 27.1. The lowest BCUT2D eigenvalue weighted by Gasteiger charge is -2.28. The van der Waals surface area contributed by atoms with Crippen LogP contribution in [0.1, 0.15) is 36.6 Å². The normalized spacial score (nSPS) is 11.6. The van der Waals surface area contributed by atoms with E-state index in [-0.39, 0.29) is 29.6 Å². The summed E-state index contributed by atoms with van der Waals surface area (Å²) >= 11 is 5.70. The lowest BCUT2D eigenvalue weighted by molar-refractivity contribution is -0.137. The first-order valence-electron chi connectivity index (χ1n) is 11.4. The predicted octanol–water partition coefficient (Wildman–Crippen LogP) is 5.91. The average Bonchev–Trinajstić information content (AvgIpc) is 2.84. The molecule has 2 N–H and O–H groups in total.